The van der Waals surface area contributed by atoms with Crippen LogP contribution >= 0.6 is 0 Å². The third-order valence-electron chi connectivity index (χ3n) is 3.56. The van der Waals surface area contributed by atoms with Gasteiger partial charge >= 0.3 is 0 Å². The van der Waals surface area contributed by atoms with Crippen LogP contribution in [-0.4, -0.2) is 12.1 Å². The van der Waals surface area contributed by atoms with E-state index in [1.807, 2.05) is 0 Å². The van der Waals surface area contributed by atoms with E-state index in [-0.39, 0.29) is 0 Å². The van der Waals surface area contributed by atoms with Crippen molar-refractivity contribution in [3.8, 4) is 5.88 Å². The molecule has 94 valence electrons. The summed E-state index contributed by atoms with van der Waals surface area (Å²) in [7, 11) is 1.68. The predicted molar refractivity (Wildman–Crippen MR) is 69.4 cm³/mol. The number of ether oxygens (including phenoxy) is 1. The summed E-state index contributed by atoms with van der Waals surface area (Å²) in [6, 6.07) is 0. The fraction of sp³-hybridized carbons (Fsp3) is 0.643. The van der Waals surface area contributed by atoms with Crippen LogP contribution in [0.1, 0.15) is 55.0 Å². The summed E-state index contributed by atoms with van der Waals surface area (Å²) in [5.74, 6) is 1.22. The summed E-state index contributed by atoms with van der Waals surface area (Å²) in [6.45, 7) is 4.96. The van der Waals surface area contributed by atoms with Crippen LogP contribution in [0.4, 0.5) is 0 Å². The summed E-state index contributed by atoms with van der Waals surface area (Å²) < 4.78 is 5.40. The van der Waals surface area contributed by atoms with Crippen LogP contribution in [0.15, 0.2) is 0 Å². The minimum Gasteiger partial charge on any atom is -0.481 e. The van der Waals surface area contributed by atoms with Crippen molar-refractivity contribution < 1.29 is 4.74 Å². The molecule has 2 rings (SSSR count). The lowest BCUT2D eigenvalue weighted by atomic mass is 9.85. The standard InChI is InChI=1S/C14H22N2O/c1-9(2)13-10-6-4-5-7-12(10)16-14(17-3)11(13)8-15/h9H,4-8,15H2,1-3H3. The maximum absolute atomic E-state index is 5.88. The number of aryl methyl sites for hydroxylation is 1. The van der Waals surface area contributed by atoms with Gasteiger partial charge < -0.3 is 10.5 Å². The number of nitrogens with two attached hydrogens (primary N) is 1. The average molecular weight is 234 g/mol. The first-order valence-corrected chi connectivity index (χ1v) is 6.47. The number of fused-ring (bicyclic) bond motifs is 1. The highest BCUT2D eigenvalue weighted by Gasteiger charge is 2.22. The molecule has 3 heteroatoms. The first kappa shape index (κ1) is 12.4. The zero-order valence-corrected chi connectivity index (χ0v) is 11.0. The quantitative estimate of drug-likeness (QED) is 0.874. The van der Waals surface area contributed by atoms with E-state index in [1.54, 1.807) is 7.11 Å². The smallest absolute Gasteiger partial charge is 0.218 e. The van der Waals surface area contributed by atoms with Gasteiger partial charge in [-0.3, -0.25) is 0 Å². The van der Waals surface area contributed by atoms with E-state index in [1.165, 1.54) is 29.7 Å². The van der Waals surface area contributed by atoms with Gasteiger partial charge in [0.05, 0.1) is 7.11 Å². The molecule has 1 heterocycles. The lowest BCUT2D eigenvalue weighted by Gasteiger charge is -2.24. The Morgan fingerprint density at radius 2 is 2.00 bits per heavy atom. The molecule has 2 N–H and O–H groups in total. The molecule has 1 aromatic heterocycles. The monoisotopic (exact) mass is 234 g/mol. The van der Waals surface area contributed by atoms with E-state index in [2.05, 4.69) is 18.8 Å². The summed E-state index contributed by atoms with van der Waals surface area (Å²) in [4.78, 5) is 4.64. The average Bonchev–Trinajstić information content (AvgIpc) is 2.35. The fourth-order valence-electron chi connectivity index (χ4n) is 2.85. The van der Waals surface area contributed by atoms with Gasteiger partial charge in [-0.15, -0.1) is 0 Å². The van der Waals surface area contributed by atoms with E-state index in [4.69, 9.17) is 10.5 Å². The highest BCUT2D eigenvalue weighted by Crippen LogP contribution is 2.34. The van der Waals surface area contributed by atoms with Crippen molar-refractivity contribution in [3.63, 3.8) is 0 Å². The molecule has 0 saturated heterocycles. The lowest BCUT2D eigenvalue weighted by molar-refractivity contribution is 0.387. The predicted octanol–water partition coefficient (Wildman–Crippen LogP) is 2.55. The Labute approximate surface area is 103 Å². The minimum absolute atomic E-state index is 0.484. The lowest BCUT2D eigenvalue weighted by Crippen LogP contribution is -2.16. The molecular weight excluding hydrogens is 212 g/mol. The van der Waals surface area contributed by atoms with Gasteiger partial charge in [-0.05, 0) is 42.7 Å². The van der Waals surface area contributed by atoms with Crippen LogP contribution in [0, 0.1) is 0 Å². The molecular formula is C14H22N2O. The van der Waals surface area contributed by atoms with Crippen LogP contribution in [0.25, 0.3) is 0 Å². The summed E-state index contributed by atoms with van der Waals surface area (Å²) >= 11 is 0. The van der Waals surface area contributed by atoms with Gasteiger partial charge in [0.15, 0.2) is 0 Å². The highest BCUT2D eigenvalue weighted by atomic mass is 16.5. The molecule has 0 aromatic carbocycles. The van der Waals surface area contributed by atoms with Crippen molar-refractivity contribution >= 4 is 0 Å². The Morgan fingerprint density at radius 1 is 1.29 bits per heavy atom. The Hall–Kier alpha value is -1.09. The van der Waals surface area contributed by atoms with E-state index in [9.17, 15) is 0 Å². The van der Waals surface area contributed by atoms with Crippen molar-refractivity contribution in [2.24, 2.45) is 5.73 Å². The van der Waals surface area contributed by atoms with Crippen LogP contribution < -0.4 is 10.5 Å². The zero-order valence-electron chi connectivity index (χ0n) is 11.0. The summed E-state index contributed by atoms with van der Waals surface area (Å²) in [6.07, 6.45) is 4.73. The molecule has 0 aliphatic heterocycles. The Morgan fingerprint density at radius 3 is 2.59 bits per heavy atom. The molecule has 0 radical (unpaired) electrons. The van der Waals surface area contributed by atoms with Crippen molar-refractivity contribution in [3.05, 3.63) is 22.4 Å². The van der Waals surface area contributed by atoms with Gasteiger partial charge in [0.1, 0.15) is 0 Å². The molecule has 0 atom stereocenters. The van der Waals surface area contributed by atoms with Crippen molar-refractivity contribution in [2.75, 3.05) is 7.11 Å². The van der Waals surface area contributed by atoms with E-state index >= 15 is 0 Å². The second kappa shape index (κ2) is 5.05. The van der Waals surface area contributed by atoms with Crippen molar-refractivity contribution in [1.82, 2.24) is 4.98 Å². The van der Waals surface area contributed by atoms with Gasteiger partial charge in [-0.1, -0.05) is 13.8 Å². The van der Waals surface area contributed by atoms with E-state index < -0.39 is 0 Å². The third kappa shape index (κ3) is 2.16. The maximum atomic E-state index is 5.88. The first-order chi connectivity index (χ1) is 8.19. The molecule has 1 aromatic rings. The summed E-state index contributed by atoms with van der Waals surface area (Å²) in [5, 5.41) is 0. The zero-order chi connectivity index (χ0) is 12.4. The first-order valence-electron chi connectivity index (χ1n) is 6.47. The van der Waals surface area contributed by atoms with Crippen LogP contribution in [0.5, 0.6) is 5.88 Å². The number of pyridine rings is 1. The largest absolute Gasteiger partial charge is 0.481 e. The number of nitrogens with zero attached hydrogens (tertiary/aromatic N) is 1. The van der Waals surface area contributed by atoms with Gasteiger partial charge in [0.2, 0.25) is 5.88 Å². The SMILES string of the molecule is COc1nc2c(c(C(C)C)c1CN)CCCC2. The molecule has 3 nitrogen and oxygen atoms in total. The highest BCUT2D eigenvalue weighted by molar-refractivity contribution is 5.46. The number of hydrogen-bond donors (Lipinski definition) is 1. The van der Waals surface area contributed by atoms with Gasteiger partial charge in [0.25, 0.3) is 0 Å². The molecule has 1 aliphatic rings. The molecule has 0 fully saturated rings. The van der Waals surface area contributed by atoms with E-state index in [0.29, 0.717) is 12.5 Å². The molecule has 0 amide bonds. The number of methoxy groups -OCH3 is 1. The fourth-order valence-corrected chi connectivity index (χ4v) is 2.85. The van der Waals surface area contributed by atoms with Crippen LogP contribution in [0.3, 0.4) is 0 Å². The number of rotatable bonds is 3. The molecule has 0 bridgehead atoms. The van der Waals surface area contributed by atoms with Gasteiger partial charge in [-0.25, -0.2) is 4.98 Å². The second-order valence-corrected chi connectivity index (χ2v) is 5.00. The van der Waals surface area contributed by atoms with Gasteiger partial charge in [0, 0.05) is 17.8 Å². The van der Waals surface area contributed by atoms with Crippen LogP contribution in [-0.2, 0) is 19.4 Å². The van der Waals surface area contributed by atoms with E-state index in [0.717, 1.165) is 24.3 Å². The number of aromatic nitrogens is 1. The summed E-state index contributed by atoms with van der Waals surface area (Å²) in [5.41, 5.74) is 11.0. The molecule has 0 saturated carbocycles. The Balaban J connectivity index is 2.64. The topological polar surface area (TPSA) is 48.1 Å². The van der Waals surface area contributed by atoms with Crippen molar-refractivity contribution in [2.45, 2.75) is 52.0 Å². The Bertz CT molecular complexity index is 399. The molecule has 0 spiro atoms. The normalized spacial score (nSPS) is 14.9. The second-order valence-electron chi connectivity index (χ2n) is 5.00. The third-order valence-corrected chi connectivity index (χ3v) is 3.56. The van der Waals surface area contributed by atoms with Crippen molar-refractivity contribution in [1.29, 1.82) is 0 Å². The minimum atomic E-state index is 0.484. The maximum Gasteiger partial charge on any atom is 0.218 e. The van der Waals surface area contributed by atoms with Gasteiger partial charge in [-0.2, -0.15) is 0 Å². The molecule has 0 unspecified atom stereocenters. The Kier molecular flexibility index (Phi) is 3.67. The molecule has 17 heavy (non-hydrogen) atoms. The van der Waals surface area contributed by atoms with Crippen LogP contribution in [0.2, 0.25) is 0 Å². The number of hydrogen-bond acceptors (Lipinski definition) is 3. The molecule has 1 aliphatic carbocycles.